The fraction of sp³-hybridized carbons (Fsp3) is 0.0556. The van der Waals surface area contributed by atoms with Crippen molar-refractivity contribution in [3.63, 3.8) is 0 Å². The van der Waals surface area contributed by atoms with Gasteiger partial charge in [0.05, 0.1) is 5.69 Å². The highest BCUT2D eigenvalue weighted by Gasteiger charge is 2.36. The fourth-order valence-electron chi connectivity index (χ4n) is 3.18. The lowest BCUT2D eigenvalue weighted by Gasteiger charge is -2.13. The summed E-state index contributed by atoms with van der Waals surface area (Å²) in [6.45, 7) is 0. The molecule has 26 heavy (non-hydrogen) atoms. The molecule has 1 aliphatic rings. The van der Waals surface area contributed by atoms with Crippen LogP contribution in [0.3, 0.4) is 0 Å². The van der Waals surface area contributed by atoms with E-state index in [1.54, 1.807) is 48.5 Å². The number of para-hydroxylation sites is 1. The maximum Gasteiger partial charge on any atom is 0.358 e. The van der Waals surface area contributed by atoms with E-state index in [1.165, 1.54) is 4.68 Å². The molecule has 1 aliphatic heterocycles. The zero-order valence-electron chi connectivity index (χ0n) is 13.3. The molecule has 0 aliphatic carbocycles. The summed E-state index contributed by atoms with van der Waals surface area (Å²) in [7, 11) is 0. The highest BCUT2D eigenvalue weighted by Crippen LogP contribution is 2.33. The minimum atomic E-state index is -0.761. The van der Waals surface area contributed by atoms with Crippen LogP contribution in [-0.4, -0.2) is 13.9 Å². The summed E-state index contributed by atoms with van der Waals surface area (Å²) in [5.41, 5.74) is 6.18. The lowest BCUT2D eigenvalue weighted by atomic mass is 10.0. The summed E-state index contributed by atoms with van der Waals surface area (Å²) in [4.78, 5) is 25.9. The number of nitrogens with two attached hydrogens (primary N) is 1. The Balaban J connectivity index is 2.05. The van der Waals surface area contributed by atoms with E-state index in [-0.39, 0.29) is 11.4 Å². The van der Waals surface area contributed by atoms with Gasteiger partial charge >= 0.3 is 11.4 Å². The van der Waals surface area contributed by atoms with Crippen molar-refractivity contribution in [2.24, 2.45) is 5.73 Å². The van der Waals surface area contributed by atoms with Crippen LogP contribution in [0.25, 0.3) is 11.5 Å². The molecule has 1 aromatic heterocycles. The van der Waals surface area contributed by atoms with Crippen molar-refractivity contribution in [1.82, 2.24) is 13.9 Å². The molecular weight excluding hydrogens is 398 g/mol. The topological polar surface area (TPSA) is 98.7 Å². The molecule has 0 fully saturated rings. The van der Waals surface area contributed by atoms with Gasteiger partial charge in [-0.25, -0.2) is 18.8 Å². The molecule has 1 atom stereocenters. The third-order valence-corrected chi connectivity index (χ3v) is 4.79. The number of rotatable bonds is 2. The van der Waals surface area contributed by atoms with Crippen LogP contribution >= 0.6 is 15.9 Å². The van der Waals surface area contributed by atoms with Gasteiger partial charge in [0, 0.05) is 4.47 Å². The summed E-state index contributed by atoms with van der Waals surface area (Å²) < 4.78 is 4.14. The Labute approximate surface area is 155 Å². The number of halogens is 1. The Hall–Kier alpha value is -3.31. The van der Waals surface area contributed by atoms with Gasteiger partial charge in [-0.2, -0.15) is 9.94 Å². The molecule has 0 amide bonds. The zero-order chi connectivity index (χ0) is 18.4. The maximum absolute atomic E-state index is 13.1. The normalized spacial score (nSPS) is 15.8. The van der Waals surface area contributed by atoms with E-state index in [4.69, 9.17) is 5.73 Å². The van der Waals surface area contributed by atoms with Crippen LogP contribution < -0.4 is 17.1 Å². The minimum Gasteiger partial charge on any atom is -0.383 e. The second kappa shape index (κ2) is 5.89. The van der Waals surface area contributed by atoms with E-state index >= 15 is 0 Å². The van der Waals surface area contributed by atoms with Crippen molar-refractivity contribution in [3.05, 3.63) is 91.2 Å². The Morgan fingerprint density at radius 2 is 1.77 bits per heavy atom. The predicted octanol–water partition coefficient (Wildman–Crippen LogP) is 1.82. The van der Waals surface area contributed by atoms with Gasteiger partial charge in [0.25, 0.3) is 0 Å². The number of allylic oxidation sites excluding steroid dienone is 1. The van der Waals surface area contributed by atoms with Gasteiger partial charge in [0.1, 0.15) is 23.5 Å². The summed E-state index contributed by atoms with van der Waals surface area (Å²) in [5, 5.41) is 9.56. The predicted molar refractivity (Wildman–Crippen MR) is 99.6 cm³/mol. The van der Waals surface area contributed by atoms with Crippen LogP contribution in [0.5, 0.6) is 0 Å². The zero-order valence-corrected chi connectivity index (χ0v) is 14.9. The third kappa shape index (κ3) is 2.18. The summed E-state index contributed by atoms with van der Waals surface area (Å²) >= 11 is 3.39. The number of nitriles is 1. The monoisotopic (exact) mass is 409 g/mol. The van der Waals surface area contributed by atoms with E-state index in [2.05, 4.69) is 15.9 Å². The average molecular weight is 410 g/mol. The summed E-state index contributed by atoms with van der Waals surface area (Å²) in [6, 6.07) is 17.1. The first-order chi connectivity index (χ1) is 12.5. The largest absolute Gasteiger partial charge is 0.383 e. The highest BCUT2D eigenvalue weighted by molar-refractivity contribution is 9.10. The number of aromatic nitrogens is 3. The van der Waals surface area contributed by atoms with Crippen molar-refractivity contribution in [3.8, 4) is 11.8 Å². The van der Waals surface area contributed by atoms with Crippen LogP contribution in [0.1, 0.15) is 11.6 Å². The Morgan fingerprint density at radius 3 is 2.42 bits per heavy atom. The second-order valence-electron chi connectivity index (χ2n) is 5.76. The maximum atomic E-state index is 13.1. The Bertz CT molecular complexity index is 1210. The first-order valence-electron chi connectivity index (χ1n) is 7.72. The molecule has 3 aromatic rings. The molecule has 4 rings (SSSR count). The first kappa shape index (κ1) is 16.2. The first-order valence-corrected chi connectivity index (χ1v) is 8.51. The van der Waals surface area contributed by atoms with Gasteiger partial charge in [-0.1, -0.05) is 46.3 Å². The number of benzene rings is 2. The summed E-state index contributed by atoms with van der Waals surface area (Å²) in [5.74, 6) is -0.0331. The van der Waals surface area contributed by atoms with Crippen LogP contribution in [0, 0.1) is 11.3 Å². The van der Waals surface area contributed by atoms with Crippen LogP contribution in [0.4, 0.5) is 0 Å². The molecule has 2 N–H and O–H groups in total. The quantitative estimate of drug-likeness (QED) is 0.697. The minimum absolute atomic E-state index is 0.0331. The molecule has 1 unspecified atom stereocenters. The fourth-order valence-corrected chi connectivity index (χ4v) is 3.60. The van der Waals surface area contributed by atoms with Gasteiger partial charge in [0.15, 0.2) is 0 Å². The lowest BCUT2D eigenvalue weighted by molar-refractivity contribution is 0.554. The number of fused-ring (bicyclic) bond motifs is 1. The average Bonchev–Trinajstić information content (AvgIpc) is 3.08. The molecular formula is C18H12BrN5O2. The molecule has 0 spiro atoms. The molecule has 0 saturated carbocycles. The molecule has 0 bridgehead atoms. The Kier molecular flexibility index (Phi) is 3.67. The van der Waals surface area contributed by atoms with E-state index in [0.717, 1.165) is 13.7 Å². The Morgan fingerprint density at radius 1 is 1.04 bits per heavy atom. The van der Waals surface area contributed by atoms with Crippen molar-refractivity contribution < 1.29 is 0 Å². The van der Waals surface area contributed by atoms with Crippen molar-refractivity contribution in [2.75, 3.05) is 0 Å². The smallest absolute Gasteiger partial charge is 0.358 e. The van der Waals surface area contributed by atoms with E-state index in [9.17, 15) is 14.9 Å². The molecule has 128 valence electrons. The molecule has 8 heteroatoms. The summed E-state index contributed by atoms with van der Waals surface area (Å²) in [6.07, 6.45) is 0. The van der Waals surface area contributed by atoms with Gasteiger partial charge < -0.3 is 5.73 Å². The van der Waals surface area contributed by atoms with E-state index < -0.39 is 17.4 Å². The van der Waals surface area contributed by atoms with Gasteiger partial charge in [0.2, 0.25) is 0 Å². The molecule has 2 aromatic carbocycles. The van der Waals surface area contributed by atoms with Gasteiger partial charge in [-0.15, -0.1) is 0 Å². The van der Waals surface area contributed by atoms with Crippen LogP contribution in [0.2, 0.25) is 0 Å². The lowest BCUT2D eigenvalue weighted by Crippen LogP contribution is -2.30. The number of hydrogen-bond acceptors (Lipinski definition) is 4. The van der Waals surface area contributed by atoms with Crippen molar-refractivity contribution in [1.29, 1.82) is 5.26 Å². The van der Waals surface area contributed by atoms with Crippen LogP contribution in [-0.2, 0) is 0 Å². The second-order valence-corrected chi connectivity index (χ2v) is 6.68. The SMILES string of the molecule is N#CC1=C(N)n2c(=O)n(-c3ccccc3)c(=O)n2C1c1cccc(Br)c1. The van der Waals surface area contributed by atoms with Crippen LogP contribution in [0.15, 0.2) is 74.2 Å². The number of nitrogens with zero attached hydrogens (tertiary/aromatic N) is 4. The standard InChI is InChI=1S/C18H12BrN5O2/c19-12-6-4-5-11(9-12)15-14(10-20)16(21)24-18(26)22(17(25)23(15)24)13-7-2-1-3-8-13/h1-9,15H,21H2. The van der Waals surface area contributed by atoms with E-state index in [0.29, 0.717) is 11.3 Å². The number of hydrogen-bond donors (Lipinski definition) is 1. The van der Waals surface area contributed by atoms with Crippen molar-refractivity contribution >= 4 is 21.8 Å². The van der Waals surface area contributed by atoms with Crippen molar-refractivity contribution in [2.45, 2.75) is 6.04 Å². The third-order valence-electron chi connectivity index (χ3n) is 4.30. The molecule has 0 saturated heterocycles. The molecule has 2 heterocycles. The highest BCUT2D eigenvalue weighted by atomic mass is 79.9. The van der Waals surface area contributed by atoms with Gasteiger partial charge in [-0.3, -0.25) is 0 Å². The van der Waals surface area contributed by atoms with Gasteiger partial charge in [-0.05, 0) is 29.8 Å². The molecule has 7 nitrogen and oxygen atoms in total. The van der Waals surface area contributed by atoms with E-state index in [1.807, 2.05) is 12.1 Å². The molecule has 0 radical (unpaired) electrons.